The van der Waals surface area contributed by atoms with E-state index in [1.54, 1.807) is 4.90 Å². The van der Waals surface area contributed by atoms with Crippen LogP contribution in [0.2, 0.25) is 0 Å². The average Bonchev–Trinajstić information content (AvgIpc) is 3.63. The number of nitrogens with one attached hydrogen (secondary N) is 2. The average molecular weight is 564 g/mol. The number of hydrogen-bond acceptors (Lipinski definition) is 7. The second-order valence-electron chi connectivity index (χ2n) is 11.0. The van der Waals surface area contributed by atoms with Gasteiger partial charge in [-0.05, 0) is 70.1 Å². The number of carbonyl (C=O) groups is 5. The van der Waals surface area contributed by atoms with Gasteiger partial charge in [-0.15, -0.1) is 0 Å². The molecule has 40 heavy (non-hydrogen) atoms. The molecule has 224 valence electrons. The van der Waals surface area contributed by atoms with Gasteiger partial charge in [-0.25, -0.2) is 0 Å². The molecule has 3 aliphatic rings. The number of guanidine groups is 1. The lowest BCUT2D eigenvalue weighted by molar-refractivity contribution is -0.143. The number of aliphatic imine (C=N–C) groups is 1. The summed E-state index contributed by atoms with van der Waals surface area (Å²) in [7, 11) is 0. The molecule has 14 nitrogen and oxygen atoms in total. The van der Waals surface area contributed by atoms with Gasteiger partial charge in [0.15, 0.2) is 5.96 Å². The van der Waals surface area contributed by atoms with Gasteiger partial charge in [0.2, 0.25) is 29.5 Å². The van der Waals surface area contributed by atoms with Crippen LogP contribution in [0.5, 0.6) is 0 Å². The molecule has 0 bridgehead atoms. The van der Waals surface area contributed by atoms with Gasteiger partial charge >= 0.3 is 0 Å². The summed E-state index contributed by atoms with van der Waals surface area (Å²) in [5.41, 5.74) is 21.8. The van der Waals surface area contributed by atoms with E-state index in [1.807, 2.05) is 0 Å². The summed E-state index contributed by atoms with van der Waals surface area (Å²) in [6.45, 7) is 1.42. The number of nitrogens with zero attached hydrogens (tertiary/aromatic N) is 3. The van der Waals surface area contributed by atoms with Crippen LogP contribution >= 0.6 is 0 Å². The van der Waals surface area contributed by atoms with E-state index in [0.717, 1.165) is 25.7 Å². The molecule has 2 saturated heterocycles. The number of primary amides is 1. The van der Waals surface area contributed by atoms with Gasteiger partial charge < -0.3 is 43.4 Å². The Kier molecular flexibility index (Phi) is 11.5. The van der Waals surface area contributed by atoms with E-state index in [4.69, 9.17) is 22.9 Å². The van der Waals surface area contributed by atoms with Crippen molar-refractivity contribution in [2.24, 2.45) is 39.8 Å². The lowest BCUT2D eigenvalue weighted by atomic mass is 9.81. The fourth-order valence-corrected chi connectivity index (χ4v) is 6.00. The van der Waals surface area contributed by atoms with Crippen molar-refractivity contribution in [1.82, 2.24) is 20.4 Å². The highest BCUT2D eigenvalue weighted by Gasteiger charge is 2.40. The Bertz CT molecular complexity index is 962. The van der Waals surface area contributed by atoms with E-state index in [2.05, 4.69) is 15.6 Å². The quantitative estimate of drug-likeness (QED) is 0.0870. The molecule has 2 aliphatic heterocycles. The van der Waals surface area contributed by atoms with E-state index in [0.29, 0.717) is 51.7 Å². The van der Waals surface area contributed by atoms with Gasteiger partial charge in [0.25, 0.3) is 0 Å². The highest BCUT2D eigenvalue weighted by Crippen LogP contribution is 2.28. The van der Waals surface area contributed by atoms with Crippen LogP contribution in [0.15, 0.2) is 4.99 Å². The van der Waals surface area contributed by atoms with Gasteiger partial charge in [-0.2, -0.15) is 0 Å². The maximum atomic E-state index is 13.7. The minimum absolute atomic E-state index is 0.0619. The summed E-state index contributed by atoms with van der Waals surface area (Å²) in [6.07, 6.45) is 6.14. The third-order valence-electron chi connectivity index (χ3n) is 8.26. The minimum atomic E-state index is -0.894. The van der Waals surface area contributed by atoms with Gasteiger partial charge in [-0.1, -0.05) is 0 Å². The first-order chi connectivity index (χ1) is 19.1. The standard InChI is InChI=1S/C26H45N9O5/c27-14-21(36)34-12-2-6-20(34)24(39)33-18(4-1-11-31-26(29)30)25(40)35-13-3-5-19(35)23(38)32-15-16-7-9-17(10-8-16)22(28)37/h16-20H,1-15,27H2,(H2,28,37)(H,32,38)(H,33,39)(H4,29,30,31)/t16?,17?,18-,19-,20-/m0/s1. The largest absolute Gasteiger partial charge is 0.370 e. The number of hydrogen-bond donors (Lipinski definition) is 6. The smallest absolute Gasteiger partial charge is 0.245 e. The van der Waals surface area contributed by atoms with Crippen molar-refractivity contribution in [1.29, 1.82) is 0 Å². The Morgan fingerprint density at radius 1 is 0.850 bits per heavy atom. The summed E-state index contributed by atoms with van der Waals surface area (Å²) >= 11 is 0. The van der Waals surface area contributed by atoms with Crippen LogP contribution in [0.4, 0.5) is 0 Å². The van der Waals surface area contributed by atoms with Crippen LogP contribution in [0.25, 0.3) is 0 Å². The molecule has 0 unspecified atom stereocenters. The third-order valence-corrected chi connectivity index (χ3v) is 8.26. The van der Waals surface area contributed by atoms with Crippen LogP contribution in [0, 0.1) is 11.8 Å². The molecule has 1 aliphatic carbocycles. The lowest BCUT2D eigenvalue weighted by Crippen LogP contribution is -2.56. The second-order valence-corrected chi connectivity index (χ2v) is 11.0. The molecule has 10 N–H and O–H groups in total. The minimum Gasteiger partial charge on any atom is -0.370 e. The summed E-state index contributed by atoms with van der Waals surface area (Å²) in [5.74, 6) is -1.45. The fraction of sp³-hybridized carbons (Fsp3) is 0.769. The fourth-order valence-electron chi connectivity index (χ4n) is 6.00. The van der Waals surface area contributed by atoms with Gasteiger partial charge in [0.1, 0.15) is 18.1 Å². The maximum Gasteiger partial charge on any atom is 0.245 e. The predicted octanol–water partition coefficient (Wildman–Crippen LogP) is -2.13. The Balaban J connectivity index is 1.62. The molecule has 0 aromatic heterocycles. The maximum absolute atomic E-state index is 13.7. The van der Waals surface area contributed by atoms with Crippen LogP contribution in [-0.2, 0) is 24.0 Å². The molecule has 0 aromatic rings. The highest BCUT2D eigenvalue weighted by molar-refractivity contribution is 5.95. The number of carbonyl (C=O) groups excluding carboxylic acids is 5. The van der Waals surface area contributed by atoms with Crippen molar-refractivity contribution in [2.75, 3.05) is 32.7 Å². The van der Waals surface area contributed by atoms with E-state index in [1.165, 1.54) is 4.90 Å². The molecule has 3 atom stereocenters. The van der Waals surface area contributed by atoms with Gasteiger partial charge in [0, 0.05) is 32.1 Å². The molecule has 3 rings (SSSR count). The molecule has 3 fully saturated rings. The zero-order valence-electron chi connectivity index (χ0n) is 23.2. The predicted molar refractivity (Wildman–Crippen MR) is 148 cm³/mol. The van der Waals surface area contributed by atoms with Crippen molar-refractivity contribution in [2.45, 2.75) is 82.3 Å². The molecule has 5 amide bonds. The third kappa shape index (κ3) is 8.29. The van der Waals surface area contributed by atoms with Crippen molar-refractivity contribution >= 4 is 35.5 Å². The van der Waals surface area contributed by atoms with Crippen LogP contribution in [-0.4, -0.2) is 96.1 Å². The zero-order chi connectivity index (χ0) is 29.2. The van der Waals surface area contributed by atoms with Crippen molar-refractivity contribution in [3.8, 4) is 0 Å². The van der Waals surface area contributed by atoms with E-state index in [9.17, 15) is 24.0 Å². The molecule has 0 aromatic carbocycles. The molecule has 1 saturated carbocycles. The molecule has 2 heterocycles. The van der Waals surface area contributed by atoms with E-state index < -0.39 is 24.0 Å². The topological polar surface area (TPSA) is 232 Å². The number of amides is 5. The first-order valence-electron chi connectivity index (χ1n) is 14.3. The molecule has 0 spiro atoms. The van der Waals surface area contributed by atoms with Gasteiger partial charge in [0.05, 0.1) is 6.54 Å². The van der Waals surface area contributed by atoms with E-state index >= 15 is 0 Å². The summed E-state index contributed by atoms with van der Waals surface area (Å²) in [6, 6.07) is -2.21. The molecular weight excluding hydrogens is 518 g/mol. The van der Waals surface area contributed by atoms with Gasteiger partial charge in [-0.3, -0.25) is 29.0 Å². The van der Waals surface area contributed by atoms with Crippen molar-refractivity contribution < 1.29 is 24.0 Å². The Labute approximate surface area is 235 Å². The Hall–Kier alpha value is -3.42. The first-order valence-corrected chi connectivity index (χ1v) is 14.3. The summed E-state index contributed by atoms with van der Waals surface area (Å²) in [4.78, 5) is 70.7. The Morgan fingerprint density at radius 2 is 1.48 bits per heavy atom. The van der Waals surface area contributed by atoms with Crippen LogP contribution in [0.1, 0.15) is 64.2 Å². The zero-order valence-corrected chi connectivity index (χ0v) is 23.2. The number of likely N-dealkylation sites (tertiary alicyclic amines) is 2. The van der Waals surface area contributed by atoms with Crippen molar-refractivity contribution in [3.05, 3.63) is 0 Å². The second kappa shape index (κ2) is 14.8. The summed E-state index contributed by atoms with van der Waals surface area (Å²) in [5, 5.41) is 5.84. The van der Waals surface area contributed by atoms with E-state index in [-0.39, 0.29) is 60.9 Å². The number of nitrogens with two attached hydrogens (primary N) is 4. The molecule has 14 heteroatoms. The number of rotatable bonds is 12. The lowest BCUT2D eigenvalue weighted by Gasteiger charge is -2.31. The summed E-state index contributed by atoms with van der Waals surface area (Å²) < 4.78 is 0. The first kappa shape index (κ1) is 31.1. The Morgan fingerprint density at radius 3 is 2.08 bits per heavy atom. The normalized spacial score (nSPS) is 25.2. The van der Waals surface area contributed by atoms with Crippen LogP contribution < -0.4 is 33.6 Å². The van der Waals surface area contributed by atoms with Crippen LogP contribution in [0.3, 0.4) is 0 Å². The highest BCUT2D eigenvalue weighted by atomic mass is 16.2. The van der Waals surface area contributed by atoms with Crippen molar-refractivity contribution in [3.63, 3.8) is 0 Å². The molecule has 0 radical (unpaired) electrons. The SMILES string of the molecule is NCC(=O)N1CCC[C@H]1C(=O)N[C@@H](CCCN=C(N)N)C(=O)N1CCC[C@H]1C(=O)NCC1CCC(C(N)=O)CC1. The monoisotopic (exact) mass is 563 g/mol. The molecular formula is C26H45N9O5.